The van der Waals surface area contributed by atoms with Crippen LogP contribution in [0.25, 0.3) is 11.8 Å². The first-order valence-electron chi connectivity index (χ1n) is 11.3. The van der Waals surface area contributed by atoms with Crippen LogP contribution in [0.4, 0.5) is 4.39 Å². The van der Waals surface area contributed by atoms with Crippen molar-refractivity contribution in [3.63, 3.8) is 0 Å². The topological polar surface area (TPSA) is 51.9 Å². The molecule has 6 nitrogen and oxygen atoms in total. The largest absolute Gasteiger partial charge is 0.495 e. The molecule has 2 aliphatic rings. The molecule has 0 radical (unpaired) electrons. The number of fused-ring (bicyclic) bond motifs is 1. The number of aryl methyl sites for hydroxylation is 1. The molecule has 2 aromatic carbocycles. The second-order valence-corrected chi connectivity index (χ2v) is 9.05. The maximum absolute atomic E-state index is 13.9. The molecule has 0 aliphatic carbocycles. The number of ether oxygens (including phenoxy) is 1. The number of methoxy groups -OCH3 is 1. The summed E-state index contributed by atoms with van der Waals surface area (Å²) in [6, 6.07) is 10.6. The molecule has 2 aliphatic heterocycles. The van der Waals surface area contributed by atoms with E-state index in [1.54, 1.807) is 19.5 Å². The van der Waals surface area contributed by atoms with E-state index in [9.17, 15) is 4.39 Å². The van der Waals surface area contributed by atoms with Gasteiger partial charge in [0.2, 0.25) is 0 Å². The summed E-state index contributed by atoms with van der Waals surface area (Å²) in [6.45, 7) is 3.65. The van der Waals surface area contributed by atoms with Gasteiger partial charge >= 0.3 is 0 Å². The van der Waals surface area contributed by atoms with Crippen LogP contribution in [-0.4, -0.2) is 40.5 Å². The number of rotatable bonds is 4. The molecule has 3 aromatic rings. The number of halogens is 2. The predicted molar refractivity (Wildman–Crippen MR) is 131 cm³/mol. The normalized spacial score (nSPS) is 19.3. The molecule has 1 aromatic heterocycles. The molecule has 0 N–H and O–H groups in total. The van der Waals surface area contributed by atoms with Crippen molar-refractivity contribution in [3.8, 4) is 11.4 Å². The first kappa shape index (κ1) is 22.5. The van der Waals surface area contributed by atoms with Crippen molar-refractivity contribution in [1.29, 1.82) is 0 Å². The fourth-order valence-corrected chi connectivity index (χ4v) is 4.76. The molecule has 0 saturated carbocycles. The zero-order valence-electron chi connectivity index (χ0n) is 19.2. The van der Waals surface area contributed by atoms with Crippen LogP contribution in [0.3, 0.4) is 0 Å². The van der Waals surface area contributed by atoms with Crippen molar-refractivity contribution in [1.82, 2.24) is 14.5 Å². The van der Waals surface area contributed by atoms with Crippen LogP contribution in [0.15, 0.2) is 59.7 Å². The van der Waals surface area contributed by atoms with Gasteiger partial charge in [-0.15, -0.1) is 0 Å². The van der Waals surface area contributed by atoms with E-state index in [0.29, 0.717) is 17.0 Å². The smallest absolute Gasteiger partial charge is 0.171 e. The maximum atomic E-state index is 13.9. The lowest BCUT2D eigenvalue weighted by Crippen LogP contribution is -2.37. The van der Waals surface area contributed by atoms with Crippen LogP contribution in [0.1, 0.15) is 42.2 Å². The Morgan fingerprint density at radius 1 is 1.21 bits per heavy atom. The summed E-state index contributed by atoms with van der Waals surface area (Å²) in [5, 5.41) is 4.87. The summed E-state index contributed by atoms with van der Waals surface area (Å²) in [7, 11) is 1.67. The number of hydrogen-bond donors (Lipinski definition) is 0. The van der Waals surface area contributed by atoms with Gasteiger partial charge in [-0.05, 0) is 72.9 Å². The number of imidazole rings is 1. The van der Waals surface area contributed by atoms with Crippen LogP contribution in [0.2, 0.25) is 5.02 Å². The van der Waals surface area contributed by atoms with Gasteiger partial charge in [0.25, 0.3) is 0 Å². The molecule has 176 valence electrons. The molecule has 8 heteroatoms. The van der Waals surface area contributed by atoms with E-state index >= 15 is 0 Å². The van der Waals surface area contributed by atoms with Crippen molar-refractivity contribution in [3.05, 3.63) is 82.2 Å². The van der Waals surface area contributed by atoms with Crippen molar-refractivity contribution in [2.24, 2.45) is 5.16 Å². The van der Waals surface area contributed by atoms with Crippen LogP contribution >= 0.6 is 11.6 Å². The van der Waals surface area contributed by atoms with Gasteiger partial charge in [-0.3, -0.25) is 0 Å². The van der Waals surface area contributed by atoms with E-state index in [1.807, 2.05) is 29.8 Å². The number of oxime groups is 1. The molecule has 0 spiro atoms. The van der Waals surface area contributed by atoms with Gasteiger partial charge in [-0.25, -0.2) is 9.37 Å². The quantitative estimate of drug-likeness (QED) is 0.464. The van der Waals surface area contributed by atoms with Gasteiger partial charge in [0.05, 0.1) is 24.8 Å². The maximum Gasteiger partial charge on any atom is 0.171 e. The Morgan fingerprint density at radius 3 is 2.85 bits per heavy atom. The average Bonchev–Trinajstić information content (AvgIpc) is 3.12. The van der Waals surface area contributed by atoms with E-state index < -0.39 is 0 Å². The molecular formula is C26H26ClFN4O2. The molecule has 0 bridgehead atoms. The highest BCUT2D eigenvalue weighted by atomic mass is 35.5. The number of aromatic nitrogens is 2. The van der Waals surface area contributed by atoms with E-state index in [-0.39, 0.29) is 11.9 Å². The Kier molecular flexibility index (Phi) is 6.28. The lowest BCUT2D eigenvalue weighted by Gasteiger charge is -2.29. The SMILES string of the molecule is COc1cc(/C=C2\CCCN3CC[C@@H](c4cc(F)cc(Cl)c4)ON=C23)ccc1-n1cnc(C)c1. The predicted octanol–water partition coefficient (Wildman–Crippen LogP) is 5.94. The summed E-state index contributed by atoms with van der Waals surface area (Å²) in [5.41, 5.74) is 4.71. The standard InChI is InChI=1S/C26H26ClFN4O2/c1-17-15-32(16-29-17)23-6-5-18(11-25(23)33-2)10-19-4-3-8-31-9-7-24(34-30-26(19)31)20-12-21(27)14-22(28)13-20/h5-6,10-16,24H,3-4,7-9H2,1-2H3/b19-10+/t24-/m0/s1. The lowest BCUT2D eigenvalue weighted by atomic mass is 9.99. The van der Waals surface area contributed by atoms with E-state index in [4.69, 9.17) is 21.2 Å². The molecule has 5 rings (SSSR count). The molecular weight excluding hydrogens is 455 g/mol. The molecule has 1 fully saturated rings. The highest BCUT2D eigenvalue weighted by Gasteiger charge is 2.28. The molecule has 0 unspecified atom stereocenters. The lowest BCUT2D eigenvalue weighted by molar-refractivity contribution is 0.0574. The highest BCUT2D eigenvalue weighted by Crippen LogP contribution is 2.32. The minimum Gasteiger partial charge on any atom is -0.495 e. The number of nitrogens with zero attached hydrogens (tertiary/aromatic N) is 4. The second kappa shape index (κ2) is 9.50. The number of amidine groups is 1. The Labute approximate surface area is 203 Å². The van der Waals surface area contributed by atoms with Crippen LogP contribution in [0.5, 0.6) is 5.75 Å². The summed E-state index contributed by atoms with van der Waals surface area (Å²) in [4.78, 5) is 12.5. The second-order valence-electron chi connectivity index (χ2n) is 8.61. The highest BCUT2D eigenvalue weighted by molar-refractivity contribution is 6.30. The molecule has 1 saturated heterocycles. The zero-order valence-corrected chi connectivity index (χ0v) is 19.9. The third-order valence-electron chi connectivity index (χ3n) is 6.18. The Balaban J connectivity index is 1.43. The summed E-state index contributed by atoms with van der Waals surface area (Å²) in [5.74, 6) is 1.23. The third kappa shape index (κ3) is 4.66. The zero-order chi connectivity index (χ0) is 23.7. The fourth-order valence-electron chi connectivity index (χ4n) is 4.53. The first-order valence-corrected chi connectivity index (χ1v) is 11.7. The number of piperidine rings is 1. The summed E-state index contributed by atoms with van der Waals surface area (Å²) >= 11 is 6.06. The Hall–Kier alpha value is -3.32. The average molecular weight is 481 g/mol. The third-order valence-corrected chi connectivity index (χ3v) is 6.40. The Morgan fingerprint density at radius 2 is 2.09 bits per heavy atom. The van der Waals surface area contributed by atoms with E-state index in [1.165, 1.54) is 12.1 Å². The van der Waals surface area contributed by atoms with Crippen LogP contribution < -0.4 is 4.74 Å². The molecule has 34 heavy (non-hydrogen) atoms. The van der Waals surface area contributed by atoms with Gasteiger partial charge in [0.15, 0.2) is 11.9 Å². The molecule has 3 heterocycles. The van der Waals surface area contributed by atoms with Gasteiger partial charge in [-0.2, -0.15) is 0 Å². The van der Waals surface area contributed by atoms with E-state index in [2.05, 4.69) is 27.2 Å². The van der Waals surface area contributed by atoms with Crippen LogP contribution in [0, 0.1) is 12.7 Å². The van der Waals surface area contributed by atoms with Crippen LogP contribution in [-0.2, 0) is 4.84 Å². The van der Waals surface area contributed by atoms with Crippen molar-refractivity contribution < 1.29 is 14.0 Å². The minimum absolute atomic E-state index is 0.342. The Bertz CT molecular complexity index is 1250. The van der Waals surface area contributed by atoms with Gasteiger partial charge in [-0.1, -0.05) is 22.8 Å². The van der Waals surface area contributed by atoms with Gasteiger partial charge in [0.1, 0.15) is 11.6 Å². The van der Waals surface area contributed by atoms with Gasteiger partial charge < -0.3 is 19.0 Å². The van der Waals surface area contributed by atoms with Crippen molar-refractivity contribution in [2.45, 2.75) is 32.3 Å². The summed E-state index contributed by atoms with van der Waals surface area (Å²) in [6.07, 6.45) is 8.18. The van der Waals surface area contributed by atoms with Crippen molar-refractivity contribution in [2.75, 3.05) is 20.2 Å². The van der Waals surface area contributed by atoms with Crippen molar-refractivity contribution >= 4 is 23.5 Å². The minimum atomic E-state index is -0.371. The first-order chi connectivity index (χ1) is 16.5. The monoisotopic (exact) mass is 480 g/mol. The summed E-state index contributed by atoms with van der Waals surface area (Å²) < 4.78 is 21.5. The number of hydrogen-bond acceptors (Lipinski definition) is 5. The van der Waals surface area contributed by atoms with E-state index in [0.717, 1.165) is 60.0 Å². The van der Waals surface area contributed by atoms with Gasteiger partial charge in [0, 0.05) is 30.7 Å². The molecule has 1 atom stereocenters. The fraction of sp³-hybridized carbons (Fsp3) is 0.308. The number of benzene rings is 2. The molecule has 0 amide bonds.